The molecule has 0 saturated carbocycles. The van der Waals surface area contributed by atoms with Crippen molar-refractivity contribution in [1.82, 2.24) is 10.2 Å². The number of aryl methyl sites for hydroxylation is 1. The molecule has 1 N–H and O–H groups in total. The topological polar surface area (TPSA) is 58.6 Å². The molecule has 0 aliphatic rings. The summed E-state index contributed by atoms with van der Waals surface area (Å²) in [5.74, 6) is 0.129. The van der Waals surface area contributed by atoms with Crippen molar-refractivity contribution < 1.29 is 14.3 Å². The Balaban J connectivity index is 2.13. The Kier molecular flexibility index (Phi) is 8.33. The highest BCUT2D eigenvalue weighted by Crippen LogP contribution is 2.22. The number of nitrogens with zero attached hydrogens (tertiary/aromatic N) is 1. The van der Waals surface area contributed by atoms with Crippen LogP contribution in [0.5, 0.6) is 5.75 Å². The molecular weight excluding hydrogens is 444 g/mol. The minimum atomic E-state index is -0.626. The van der Waals surface area contributed by atoms with E-state index in [-0.39, 0.29) is 25.0 Å². The van der Waals surface area contributed by atoms with Gasteiger partial charge in [0, 0.05) is 22.6 Å². The molecule has 150 valence electrons. The summed E-state index contributed by atoms with van der Waals surface area (Å²) in [7, 11) is 0. The standard InChI is InChI=1S/C21H24BrClN2O3/c1-4-24-21(27)15(3)25(12-16-5-7-17(23)8-6-16)20(26)13-28-18-9-10-19(22)14(2)11-18/h5-11,15H,4,12-13H2,1-3H3,(H,24,27). The molecule has 0 aliphatic heterocycles. The molecule has 0 aromatic heterocycles. The van der Waals surface area contributed by atoms with E-state index in [0.29, 0.717) is 17.3 Å². The van der Waals surface area contributed by atoms with E-state index < -0.39 is 6.04 Å². The quantitative estimate of drug-likeness (QED) is 0.628. The van der Waals surface area contributed by atoms with Crippen LogP contribution in [0.25, 0.3) is 0 Å². The molecule has 28 heavy (non-hydrogen) atoms. The molecule has 2 aromatic rings. The van der Waals surface area contributed by atoms with Crippen molar-refractivity contribution in [2.75, 3.05) is 13.2 Å². The van der Waals surface area contributed by atoms with Gasteiger partial charge in [-0.2, -0.15) is 0 Å². The van der Waals surface area contributed by atoms with E-state index in [1.807, 2.05) is 38.1 Å². The molecule has 2 rings (SSSR count). The number of carbonyl (C=O) groups excluding carboxylic acids is 2. The number of benzene rings is 2. The number of ether oxygens (including phenoxy) is 1. The van der Waals surface area contributed by atoms with Crippen molar-refractivity contribution in [3.8, 4) is 5.75 Å². The van der Waals surface area contributed by atoms with Crippen LogP contribution in [0.2, 0.25) is 5.02 Å². The maximum Gasteiger partial charge on any atom is 0.261 e. The number of nitrogens with one attached hydrogen (secondary N) is 1. The summed E-state index contributed by atoms with van der Waals surface area (Å²) >= 11 is 9.38. The third-order valence-corrected chi connectivity index (χ3v) is 5.42. The summed E-state index contributed by atoms with van der Waals surface area (Å²) < 4.78 is 6.64. The van der Waals surface area contributed by atoms with E-state index >= 15 is 0 Å². The first-order valence-corrected chi connectivity index (χ1v) is 10.2. The average Bonchev–Trinajstić information content (AvgIpc) is 2.68. The van der Waals surface area contributed by atoms with Gasteiger partial charge >= 0.3 is 0 Å². The monoisotopic (exact) mass is 466 g/mol. The van der Waals surface area contributed by atoms with Crippen LogP contribution in [-0.4, -0.2) is 35.9 Å². The van der Waals surface area contributed by atoms with E-state index in [1.165, 1.54) is 4.90 Å². The zero-order valence-corrected chi connectivity index (χ0v) is 18.5. The Hall–Kier alpha value is -2.05. The van der Waals surface area contributed by atoms with Gasteiger partial charge < -0.3 is 15.0 Å². The number of hydrogen-bond acceptors (Lipinski definition) is 3. The molecule has 2 amide bonds. The lowest BCUT2D eigenvalue weighted by Crippen LogP contribution is -2.49. The van der Waals surface area contributed by atoms with Crippen molar-refractivity contribution in [3.63, 3.8) is 0 Å². The second-order valence-corrected chi connectivity index (χ2v) is 7.71. The van der Waals surface area contributed by atoms with Crippen LogP contribution < -0.4 is 10.1 Å². The molecule has 0 radical (unpaired) electrons. The van der Waals surface area contributed by atoms with Gasteiger partial charge in [0.1, 0.15) is 11.8 Å². The number of carbonyl (C=O) groups is 2. The second-order valence-electron chi connectivity index (χ2n) is 6.42. The molecule has 1 atom stereocenters. The van der Waals surface area contributed by atoms with Gasteiger partial charge in [-0.1, -0.05) is 39.7 Å². The normalized spacial score (nSPS) is 11.6. The van der Waals surface area contributed by atoms with Crippen molar-refractivity contribution in [2.24, 2.45) is 0 Å². The second kappa shape index (κ2) is 10.5. The highest BCUT2D eigenvalue weighted by atomic mass is 79.9. The molecule has 7 heteroatoms. The SMILES string of the molecule is CCNC(=O)C(C)N(Cc1ccc(Cl)cc1)C(=O)COc1ccc(Br)c(C)c1. The average molecular weight is 468 g/mol. The van der Waals surface area contributed by atoms with Crippen LogP contribution in [-0.2, 0) is 16.1 Å². The Morgan fingerprint density at radius 3 is 2.50 bits per heavy atom. The molecule has 0 spiro atoms. The minimum absolute atomic E-state index is 0.154. The smallest absolute Gasteiger partial charge is 0.261 e. The largest absolute Gasteiger partial charge is 0.484 e. The van der Waals surface area contributed by atoms with E-state index in [2.05, 4.69) is 21.2 Å². The maximum absolute atomic E-state index is 12.9. The first-order valence-electron chi connectivity index (χ1n) is 9.02. The van der Waals surface area contributed by atoms with E-state index in [0.717, 1.165) is 15.6 Å². The summed E-state index contributed by atoms with van der Waals surface area (Å²) in [4.78, 5) is 26.7. The minimum Gasteiger partial charge on any atom is -0.484 e. The molecular formula is C21H24BrClN2O3. The lowest BCUT2D eigenvalue weighted by atomic mass is 10.1. The van der Waals surface area contributed by atoms with E-state index in [4.69, 9.17) is 16.3 Å². The van der Waals surface area contributed by atoms with Crippen molar-refractivity contribution >= 4 is 39.3 Å². The molecule has 0 aliphatic carbocycles. The number of hydrogen-bond donors (Lipinski definition) is 1. The lowest BCUT2D eigenvalue weighted by Gasteiger charge is -2.28. The summed E-state index contributed by atoms with van der Waals surface area (Å²) in [6.45, 7) is 6.14. The Labute approximate surface area is 179 Å². The van der Waals surface area contributed by atoms with Gasteiger partial charge in [-0.15, -0.1) is 0 Å². The maximum atomic E-state index is 12.9. The zero-order chi connectivity index (χ0) is 20.7. The molecule has 0 heterocycles. The van der Waals surface area contributed by atoms with Gasteiger partial charge in [0.25, 0.3) is 5.91 Å². The third-order valence-electron chi connectivity index (χ3n) is 4.28. The van der Waals surface area contributed by atoms with Crippen LogP contribution in [0.3, 0.4) is 0 Å². The highest BCUT2D eigenvalue weighted by Gasteiger charge is 2.26. The number of likely N-dealkylation sites (N-methyl/N-ethyl adjacent to an activating group) is 1. The first kappa shape index (κ1) is 22.2. The van der Waals surface area contributed by atoms with Crippen LogP contribution >= 0.6 is 27.5 Å². The Morgan fingerprint density at radius 2 is 1.89 bits per heavy atom. The van der Waals surface area contributed by atoms with E-state index in [1.54, 1.807) is 25.1 Å². The van der Waals surface area contributed by atoms with Gasteiger partial charge in [-0.3, -0.25) is 9.59 Å². The fourth-order valence-electron chi connectivity index (χ4n) is 2.63. The van der Waals surface area contributed by atoms with Crippen LogP contribution in [0, 0.1) is 6.92 Å². The molecule has 0 fully saturated rings. The van der Waals surface area contributed by atoms with Crippen molar-refractivity contribution in [1.29, 1.82) is 0 Å². The molecule has 5 nitrogen and oxygen atoms in total. The molecule has 0 bridgehead atoms. The molecule has 0 saturated heterocycles. The van der Waals surface area contributed by atoms with Gasteiger partial charge in [-0.05, 0) is 62.2 Å². The van der Waals surface area contributed by atoms with Crippen LogP contribution in [0.4, 0.5) is 0 Å². The lowest BCUT2D eigenvalue weighted by molar-refractivity contribution is -0.142. The first-order chi connectivity index (χ1) is 13.3. The number of halogens is 2. The fourth-order valence-corrected chi connectivity index (χ4v) is 3.00. The Morgan fingerprint density at radius 1 is 1.21 bits per heavy atom. The molecule has 1 unspecified atom stereocenters. The Bertz CT molecular complexity index is 827. The van der Waals surface area contributed by atoms with Gasteiger partial charge in [-0.25, -0.2) is 0 Å². The third kappa shape index (κ3) is 6.24. The van der Waals surface area contributed by atoms with E-state index in [9.17, 15) is 9.59 Å². The van der Waals surface area contributed by atoms with Crippen molar-refractivity contribution in [3.05, 3.63) is 63.1 Å². The predicted octanol–water partition coefficient (Wildman–Crippen LogP) is 4.34. The number of rotatable bonds is 8. The summed E-state index contributed by atoms with van der Waals surface area (Å²) in [5.41, 5.74) is 1.90. The van der Waals surface area contributed by atoms with Crippen LogP contribution in [0.1, 0.15) is 25.0 Å². The summed E-state index contributed by atoms with van der Waals surface area (Å²) in [6, 6.07) is 12.1. The predicted molar refractivity (Wildman–Crippen MR) is 115 cm³/mol. The number of amides is 2. The van der Waals surface area contributed by atoms with Crippen molar-refractivity contribution in [2.45, 2.75) is 33.4 Å². The zero-order valence-electron chi connectivity index (χ0n) is 16.2. The molecule has 2 aromatic carbocycles. The van der Waals surface area contributed by atoms with Crippen LogP contribution in [0.15, 0.2) is 46.9 Å². The highest BCUT2D eigenvalue weighted by molar-refractivity contribution is 9.10. The van der Waals surface area contributed by atoms with Gasteiger partial charge in [0.15, 0.2) is 6.61 Å². The van der Waals surface area contributed by atoms with Gasteiger partial charge in [0.2, 0.25) is 5.91 Å². The summed E-state index contributed by atoms with van der Waals surface area (Å²) in [5, 5.41) is 3.38. The fraction of sp³-hybridized carbons (Fsp3) is 0.333. The van der Waals surface area contributed by atoms with Gasteiger partial charge in [0.05, 0.1) is 0 Å². The summed E-state index contributed by atoms with van der Waals surface area (Å²) in [6.07, 6.45) is 0.